The van der Waals surface area contributed by atoms with Crippen molar-refractivity contribution >= 4 is 5.97 Å². The van der Waals surface area contributed by atoms with Crippen LogP contribution in [0.1, 0.15) is 27.6 Å². The smallest absolute Gasteiger partial charge is 0.341 e. The second-order valence-corrected chi connectivity index (χ2v) is 4.58. The third-order valence-corrected chi connectivity index (χ3v) is 3.00. The third-order valence-electron chi connectivity index (χ3n) is 3.00. The van der Waals surface area contributed by atoms with Crippen LogP contribution >= 0.6 is 0 Å². The zero-order valence-electron chi connectivity index (χ0n) is 12.0. The second-order valence-electron chi connectivity index (χ2n) is 4.58. The van der Waals surface area contributed by atoms with Crippen LogP contribution < -0.4 is 5.32 Å². The maximum Gasteiger partial charge on any atom is 0.341 e. The Bertz CT molecular complexity index is 586. The van der Waals surface area contributed by atoms with Crippen molar-refractivity contribution in [3.05, 3.63) is 41.1 Å². The van der Waals surface area contributed by atoms with Crippen LogP contribution in [0.5, 0.6) is 0 Å². The lowest BCUT2D eigenvalue weighted by molar-refractivity contribution is 0.0599. The fourth-order valence-electron chi connectivity index (χ4n) is 1.97. The summed E-state index contributed by atoms with van der Waals surface area (Å²) < 4.78 is 12.0. The molecule has 0 amide bonds. The van der Waals surface area contributed by atoms with Crippen LogP contribution in [-0.4, -0.2) is 29.4 Å². The van der Waals surface area contributed by atoms with Gasteiger partial charge < -0.3 is 14.5 Å². The highest BCUT2D eigenvalue weighted by Crippen LogP contribution is 2.15. The number of esters is 1. The monoisotopic (exact) mass is 277 g/mol. The minimum Gasteiger partial charge on any atom is -0.465 e. The van der Waals surface area contributed by atoms with Crippen molar-refractivity contribution in [3.63, 3.8) is 0 Å². The predicted octanol–water partition coefficient (Wildman–Crippen LogP) is 1.44. The Balaban J connectivity index is 1.81. The SMILES string of the molecule is COC(=O)c1cc(CNCCc2ccn(C)n2)oc1C. The van der Waals surface area contributed by atoms with Gasteiger partial charge in [-0.2, -0.15) is 5.10 Å². The summed E-state index contributed by atoms with van der Waals surface area (Å²) in [5.74, 6) is 0.938. The fraction of sp³-hybridized carbons (Fsp3) is 0.429. The molecule has 6 nitrogen and oxygen atoms in total. The van der Waals surface area contributed by atoms with Gasteiger partial charge in [0, 0.05) is 26.2 Å². The van der Waals surface area contributed by atoms with E-state index in [1.165, 1.54) is 7.11 Å². The van der Waals surface area contributed by atoms with Crippen LogP contribution in [0.3, 0.4) is 0 Å². The highest BCUT2D eigenvalue weighted by molar-refractivity contribution is 5.90. The fourth-order valence-corrected chi connectivity index (χ4v) is 1.97. The molecule has 0 aliphatic carbocycles. The summed E-state index contributed by atoms with van der Waals surface area (Å²) in [7, 11) is 3.26. The van der Waals surface area contributed by atoms with Gasteiger partial charge in [-0.3, -0.25) is 4.68 Å². The first-order chi connectivity index (χ1) is 9.60. The lowest BCUT2D eigenvalue weighted by atomic mass is 10.2. The van der Waals surface area contributed by atoms with E-state index in [0.717, 1.165) is 24.4 Å². The van der Waals surface area contributed by atoms with E-state index in [1.54, 1.807) is 17.7 Å². The topological polar surface area (TPSA) is 69.3 Å². The van der Waals surface area contributed by atoms with Crippen molar-refractivity contribution in [1.29, 1.82) is 0 Å². The van der Waals surface area contributed by atoms with Crippen LogP contribution in [0, 0.1) is 6.92 Å². The summed E-state index contributed by atoms with van der Waals surface area (Å²) in [6.45, 7) is 3.12. The first-order valence-corrected chi connectivity index (χ1v) is 6.47. The molecular formula is C14H19N3O3. The summed E-state index contributed by atoms with van der Waals surface area (Å²) in [6.07, 6.45) is 2.78. The molecule has 0 spiro atoms. The van der Waals surface area contributed by atoms with Crippen molar-refractivity contribution in [2.24, 2.45) is 7.05 Å². The summed E-state index contributed by atoms with van der Waals surface area (Å²) in [6, 6.07) is 3.71. The number of nitrogens with zero attached hydrogens (tertiary/aromatic N) is 2. The van der Waals surface area contributed by atoms with Crippen molar-refractivity contribution < 1.29 is 13.9 Å². The molecule has 0 radical (unpaired) electrons. The molecule has 6 heteroatoms. The number of nitrogens with one attached hydrogen (secondary N) is 1. The second kappa shape index (κ2) is 6.38. The van der Waals surface area contributed by atoms with Crippen molar-refractivity contribution in [2.75, 3.05) is 13.7 Å². The van der Waals surface area contributed by atoms with Crippen molar-refractivity contribution in [3.8, 4) is 0 Å². The molecule has 0 saturated heterocycles. The standard InChI is InChI=1S/C14H19N3O3/c1-10-13(14(18)19-3)8-12(20-10)9-15-6-4-11-5-7-17(2)16-11/h5,7-8,15H,4,6,9H2,1-3H3. The number of rotatable bonds is 6. The molecule has 0 aliphatic rings. The van der Waals surface area contributed by atoms with Gasteiger partial charge in [0.1, 0.15) is 17.1 Å². The van der Waals surface area contributed by atoms with E-state index in [0.29, 0.717) is 17.9 Å². The number of carbonyl (C=O) groups is 1. The number of hydrogen-bond acceptors (Lipinski definition) is 5. The van der Waals surface area contributed by atoms with Gasteiger partial charge in [0.15, 0.2) is 0 Å². The maximum absolute atomic E-state index is 11.5. The van der Waals surface area contributed by atoms with Gasteiger partial charge >= 0.3 is 5.97 Å². The van der Waals surface area contributed by atoms with E-state index in [1.807, 2.05) is 19.3 Å². The van der Waals surface area contributed by atoms with E-state index in [-0.39, 0.29) is 5.97 Å². The molecule has 0 aromatic carbocycles. The molecule has 2 heterocycles. The first kappa shape index (κ1) is 14.3. The average molecular weight is 277 g/mol. The molecule has 0 atom stereocenters. The number of methoxy groups -OCH3 is 1. The molecule has 1 N–H and O–H groups in total. The van der Waals surface area contributed by atoms with E-state index in [4.69, 9.17) is 4.42 Å². The van der Waals surface area contributed by atoms with Gasteiger partial charge in [0.2, 0.25) is 0 Å². The molecule has 0 fully saturated rings. The molecule has 0 bridgehead atoms. The van der Waals surface area contributed by atoms with Crippen LogP contribution in [0.4, 0.5) is 0 Å². The van der Waals surface area contributed by atoms with Crippen LogP contribution in [0.2, 0.25) is 0 Å². The molecule has 2 aromatic rings. The lowest BCUT2D eigenvalue weighted by Crippen LogP contribution is -2.16. The molecule has 0 unspecified atom stereocenters. The van der Waals surface area contributed by atoms with E-state index in [2.05, 4.69) is 15.2 Å². The highest BCUT2D eigenvalue weighted by Gasteiger charge is 2.14. The molecule has 0 aliphatic heterocycles. The number of carbonyl (C=O) groups excluding carboxylic acids is 1. The lowest BCUT2D eigenvalue weighted by Gasteiger charge is -2.00. The van der Waals surface area contributed by atoms with Gasteiger partial charge in [-0.25, -0.2) is 4.79 Å². The van der Waals surface area contributed by atoms with Crippen molar-refractivity contribution in [2.45, 2.75) is 19.9 Å². The van der Waals surface area contributed by atoms with Crippen LogP contribution in [-0.2, 0) is 24.8 Å². The van der Waals surface area contributed by atoms with E-state index < -0.39 is 0 Å². The normalized spacial score (nSPS) is 10.8. The quantitative estimate of drug-likeness (QED) is 0.639. The van der Waals surface area contributed by atoms with Gasteiger partial charge in [-0.05, 0) is 19.1 Å². The predicted molar refractivity (Wildman–Crippen MR) is 73.4 cm³/mol. The summed E-state index contributed by atoms with van der Waals surface area (Å²) in [4.78, 5) is 11.5. The first-order valence-electron chi connectivity index (χ1n) is 6.47. The largest absolute Gasteiger partial charge is 0.465 e. The zero-order valence-corrected chi connectivity index (χ0v) is 12.0. The number of ether oxygens (including phenoxy) is 1. The Kier molecular flexibility index (Phi) is 4.57. The molecule has 20 heavy (non-hydrogen) atoms. The van der Waals surface area contributed by atoms with Gasteiger partial charge in [0.05, 0.1) is 19.3 Å². The molecule has 2 rings (SSSR count). The molecule has 2 aromatic heterocycles. The summed E-state index contributed by atoms with van der Waals surface area (Å²) >= 11 is 0. The zero-order chi connectivity index (χ0) is 14.5. The molecular weight excluding hydrogens is 258 g/mol. The van der Waals surface area contributed by atoms with E-state index >= 15 is 0 Å². The Morgan fingerprint density at radius 3 is 3.00 bits per heavy atom. The number of aryl methyl sites for hydroxylation is 2. The Hall–Kier alpha value is -2.08. The number of aromatic nitrogens is 2. The Morgan fingerprint density at radius 1 is 1.55 bits per heavy atom. The molecule has 108 valence electrons. The minimum absolute atomic E-state index is 0.369. The van der Waals surface area contributed by atoms with Gasteiger partial charge in [-0.1, -0.05) is 0 Å². The van der Waals surface area contributed by atoms with Crippen LogP contribution in [0.15, 0.2) is 22.7 Å². The number of furan rings is 1. The minimum atomic E-state index is -0.369. The highest BCUT2D eigenvalue weighted by atomic mass is 16.5. The third kappa shape index (κ3) is 3.48. The summed E-state index contributed by atoms with van der Waals surface area (Å²) in [5, 5.41) is 7.56. The molecule has 0 saturated carbocycles. The van der Waals surface area contributed by atoms with Crippen molar-refractivity contribution in [1.82, 2.24) is 15.1 Å². The average Bonchev–Trinajstić information content (AvgIpc) is 3.00. The Morgan fingerprint density at radius 2 is 2.35 bits per heavy atom. The Labute approximate surface area is 117 Å². The van der Waals surface area contributed by atoms with E-state index in [9.17, 15) is 4.79 Å². The van der Waals surface area contributed by atoms with Gasteiger partial charge in [0.25, 0.3) is 0 Å². The van der Waals surface area contributed by atoms with Gasteiger partial charge in [-0.15, -0.1) is 0 Å². The number of hydrogen-bond donors (Lipinski definition) is 1. The summed E-state index contributed by atoms with van der Waals surface area (Å²) in [5.41, 5.74) is 1.53. The maximum atomic E-state index is 11.5. The van der Waals surface area contributed by atoms with Crippen LogP contribution in [0.25, 0.3) is 0 Å².